The van der Waals surface area contributed by atoms with Crippen molar-refractivity contribution in [2.75, 3.05) is 26.2 Å². The third-order valence-electron chi connectivity index (χ3n) is 5.44. The highest BCUT2D eigenvalue weighted by molar-refractivity contribution is 5.79. The normalized spacial score (nSPS) is 20.4. The molecule has 1 aromatic carbocycles. The van der Waals surface area contributed by atoms with E-state index in [9.17, 15) is 4.79 Å². The van der Waals surface area contributed by atoms with Crippen molar-refractivity contribution in [1.29, 1.82) is 0 Å². The van der Waals surface area contributed by atoms with E-state index in [4.69, 9.17) is 0 Å². The molecule has 0 spiro atoms. The summed E-state index contributed by atoms with van der Waals surface area (Å²) in [6.45, 7) is 9.28. The molecule has 2 fully saturated rings. The topological polar surface area (TPSA) is 23.6 Å². The Morgan fingerprint density at radius 3 is 2.22 bits per heavy atom. The van der Waals surface area contributed by atoms with Crippen LogP contribution in [-0.2, 0) is 11.3 Å². The summed E-state index contributed by atoms with van der Waals surface area (Å²) in [4.78, 5) is 17.1. The summed E-state index contributed by atoms with van der Waals surface area (Å²) < 4.78 is 0. The maximum atomic E-state index is 12.5. The fraction of sp³-hybridized carbons (Fsp3) is 0.650. The van der Waals surface area contributed by atoms with Gasteiger partial charge in [-0.1, -0.05) is 51.0 Å². The highest BCUT2D eigenvalue weighted by Crippen LogP contribution is 2.27. The quantitative estimate of drug-likeness (QED) is 0.847. The molecule has 1 saturated heterocycles. The SMILES string of the molecule is CC(C)c1ccc(CN2CCN(C(=O)C3CCCC3)CC2)cc1. The number of carbonyl (C=O) groups excluding carboxylic acids is 1. The minimum absolute atomic E-state index is 0.324. The Labute approximate surface area is 140 Å². The molecule has 1 aromatic rings. The molecule has 1 aliphatic heterocycles. The Bertz CT molecular complexity index is 509. The van der Waals surface area contributed by atoms with Gasteiger partial charge in [0.05, 0.1) is 0 Å². The minimum atomic E-state index is 0.324. The summed E-state index contributed by atoms with van der Waals surface area (Å²) in [5.74, 6) is 1.34. The lowest BCUT2D eigenvalue weighted by atomic mass is 10.0. The number of nitrogens with zero attached hydrogens (tertiary/aromatic N) is 2. The van der Waals surface area contributed by atoms with Crippen LogP contribution in [0, 0.1) is 5.92 Å². The molecule has 0 N–H and O–H groups in total. The molecule has 1 saturated carbocycles. The zero-order valence-electron chi connectivity index (χ0n) is 14.6. The van der Waals surface area contributed by atoms with Gasteiger partial charge < -0.3 is 4.90 Å². The summed E-state index contributed by atoms with van der Waals surface area (Å²) >= 11 is 0. The predicted octanol–water partition coefficient (Wildman–Crippen LogP) is 3.64. The molecule has 0 bridgehead atoms. The van der Waals surface area contributed by atoms with Crippen molar-refractivity contribution in [3.63, 3.8) is 0 Å². The van der Waals surface area contributed by atoms with Gasteiger partial charge in [-0.3, -0.25) is 9.69 Å². The predicted molar refractivity (Wildman–Crippen MR) is 94.3 cm³/mol. The lowest BCUT2D eigenvalue weighted by Gasteiger charge is -2.36. The molecule has 126 valence electrons. The van der Waals surface area contributed by atoms with Gasteiger partial charge in [0, 0.05) is 38.6 Å². The number of hydrogen-bond donors (Lipinski definition) is 0. The smallest absolute Gasteiger partial charge is 0.225 e. The Morgan fingerprint density at radius 1 is 1.04 bits per heavy atom. The van der Waals surface area contributed by atoms with Gasteiger partial charge in [-0.15, -0.1) is 0 Å². The maximum Gasteiger partial charge on any atom is 0.225 e. The summed E-state index contributed by atoms with van der Waals surface area (Å²) in [5.41, 5.74) is 2.78. The second kappa shape index (κ2) is 7.48. The lowest BCUT2D eigenvalue weighted by Crippen LogP contribution is -2.49. The molecule has 0 radical (unpaired) electrons. The first-order valence-corrected chi connectivity index (χ1v) is 9.23. The lowest BCUT2D eigenvalue weighted by molar-refractivity contribution is -0.137. The van der Waals surface area contributed by atoms with Crippen molar-refractivity contribution in [2.45, 2.75) is 52.0 Å². The van der Waals surface area contributed by atoms with E-state index >= 15 is 0 Å². The highest BCUT2D eigenvalue weighted by Gasteiger charge is 2.29. The molecule has 23 heavy (non-hydrogen) atoms. The van der Waals surface area contributed by atoms with Crippen LogP contribution in [0.5, 0.6) is 0 Å². The molecule has 3 heteroatoms. The number of hydrogen-bond acceptors (Lipinski definition) is 2. The number of piperazine rings is 1. The van der Waals surface area contributed by atoms with E-state index in [1.54, 1.807) is 0 Å². The Kier molecular flexibility index (Phi) is 5.37. The van der Waals surface area contributed by atoms with Gasteiger partial charge >= 0.3 is 0 Å². The van der Waals surface area contributed by atoms with Crippen LogP contribution in [0.15, 0.2) is 24.3 Å². The van der Waals surface area contributed by atoms with Gasteiger partial charge in [-0.25, -0.2) is 0 Å². The molecule has 0 unspecified atom stereocenters. The number of carbonyl (C=O) groups is 1. The van der Waals surface area contributed by atoms with E-state index in [2.05, 4.69) is 47.9 Å². The van der Waals surface area contributed by atoms with E-state index in [-0.39, 0.29) is 0 Å². The molecule has 1 amide bonds. The summed E-state index contributed by atoms with van der Waals surface area (Å²) in [7, 11) is 0. The summed E-state index contributed by atoms with van der Waals surface area (Å²) in [6.07, 6.45) is 4.70. The van der Waals surface area contributed by atoms with Crippen LogP contribution in [0.25, 0.3) is 0 Å². The second-order valence-corrected chi connectivity index (χ2v) is 7.48. The van der Waals surface area contributed by atoms with Crippen molar-refractivity contribution >= 4 is 5.91 Å². The average Bonchev–Trinajstić information content (AvgIpc) is 3.10. The fourth-order valence-corrected chi connectivity index (χ4v) is 3.82. The first-order valence-electron chi connectivity index (χ1n) is 9.23. The Morgan fingerprint density at radius 2 is 1.65 bits per heavy atom. The molecule has 1 heterocycles. The first-order chi connectivity index (χ1) is 11.1. The van der Waals surface area contributed by atoms with Gasteiger partial charge in [0.2, 0.25) is 5.91 Å². The third-order valence-corrected chi connectivity index (χ3v) is 5.44. The van der Waals surface area contributed by atoms with E-state index in [1.165, 1.54) is 24.0 Å². The van der Waals surface area contributed by atoms with Crippen molar-refractivity contribution in [3.05, 3.63) is 35.4 Å². The molecule has 3 rings (SSSR count). The Balaban J connectivity index is 1.48. The van der Waals surface area contributed by atoms with E-state index in [1.807, 2.05) is 0 Å². The zero-order chi connectivity index (χ0) is 16.2. The van der Waals surface area contributed by atoms with Gasteiger partial charge in [-0.05, 0) is 29.9 Å². The van der Waals surface area contributed by atoms with Crippen molar-refractivity contribution in [1.82, 2.24) is 9.80 Å². The minimum Gasteiger partial charge on any atom is -0.340 e. The van der Waals surface area contributed by atoms with Crippen molar-refractivity contribution in [3.8, 4) is 0 Å². The maximum absolute atomic E-state index is 12.5. The van der Waals surface area contributed by atoms with Crippen LogP contribution < -0.4 is 0 Å². The number of benzene rings is 1. The summed E-state index contributed by atoms with van der Waals surface area (Å²) in [6, 6.07) is 9.01. The van der Waals surface area contributed by atoms with E-state index in [0.717, 1.165) is 45.6 Å². The standard InChI is InChI=1S/C20H30N2O/c1-16(2)18-9-7-17(8-10-18)15-21-11-13-22(14-12-21)20(23)19-5-3-4-6-19/h7-10,16,19H,3-6,11-15H2,1-2H3. The molecule has 0 atom stereocenters. The van der Waals surface area contributed by atoms with Crippen LogP contribution in [0.2, 0.25) is 0 Å². The van der Waals surface area contributed by atoms with Gasteiger partial charge in [0.25, 0.3) is 0 Å². The zero-order valence-corrected chi connectivity index (χ0v) is 14.6. The van der Waals surface area contributed by atoms with Crippen molar-refractivity contribution in [2.24, 2.45) is 5.92 Å². The van der Waals surface area contributed by atoms with Crippen LogP contribution in [0.3, 0.4) is 0 Å². The average molecular weight is 314 g/mol. The van der Waals surface area contributed by atoms with Crippen LogP contribution >= 0.6 is 0 Å². The molecule has 2 aliphatic rings. The number of rotatable bonds is 4. The van der Waals surface area contributed by atoms with E-state index < -0.39 is 0 Å². The number of amides is 1. The first kappa shape index (κ1) is 16.5. The fourth-order valence-electron chi connectivity index (χ4n) is 3.82. The Hall–Kier alpha value is -1.35. The molecule has 3 nitrogen and oxygen atoms in total. The summed E-state index contributed by atoms with van der Waals surface area (Å²) in [5, 5.41) is 0. The highest BCUT2D eigenvalue weighted by atomic mass is 16.2. The molecule has 1 aliphatic carbocycles. The van der Waals surface area contributed by atoms with Crippen LogP contribution in [0.1, 0.15) is 56.6 Å². The van der Waals surface area contributed by atoms with Crippen LogP contribution in [0.4, 0.5) is 0 Å². The van der Waals surface area contributed by atoms with E-state index in [0.29, 0.717) is 17.7 Å². The molecular formula is C20H30N2O. The molecule has 0 aromatic heterocycles. The molecular weight excluding hydrogens is 284 g/mol. The monoisotopic (exact) mass is 314 g/mol. The van der Waals surface area contributed by atoms with Gasteiger partial charge in [-0.2, -0.15) is 0 Å². The second-order valence-electron chi connectivity index (χ2n) is 7.48. The largest absolute Gasteiger partial charge is 0.340 e. The third kappa shape index (κ3) is 4.14. The van der Waals surface area contributed by atoms with Gasteiger partial charge in [0.15, 0.2) is 0 Å². The van der Waals surface area contributed by atoms with Crippen molar-refractivity contribution < 1.29 is 4.79 Å². The van der Waals surface area contributed by atoms with Gasteiger partial charge in [0.1, 0.15) is 0 Å². The van der Waals surface area contributed by atoms with Crippen LogP contribution in [-0.4, -0.2) is 41.9 Å².